The second kappa shape index (κ2) is 19.6. The fourth-order valence-electron chi connectivity index (χ4n) is 4.75. The number of amides is 4. The van der Waals surface area contributed by atoms with Crippen LogP contribution in [0.15, 0.2) is 18.2 Å². The van der Waals surface area contributed by atoms with Crippen molar-refractivity contribution in [3.8, 4) is 0 Å². The van der Waals surface area contributed by atoms with Crippen LogP contribution in [0.5, 0.6) is 0 Å². The Balaban J connectivity index is 3.54. The van der Waals surface area contributed by atoms with Crippen molar-refractivity contribution in [2.45, 2.75) is 124 Å². The molecule has 1 aromatic rings. The maximum Gasteiger partial charge on any atom is 0.408 e. The molecule has 0 aliphatic rings. The third kappa shape index (κ3) is 14.7. The number of nitrogens with zero attached hydrogens (tertiary/aromatic N) is 1. The minimum Gasteiger partial charge on any atom is -0.466 e. The first-order valence-electron chi connectivity index (χ1n) is 15.8. The van der Waals surface area contributed by atoms with Gasteiger partial charge in [-0.25, -0.2) is 4.79 Å². The fraction of sp³-hybridized carbons (Fsp3) is 0.667. The van der Waals surface area contributed by atoms with Gasteiger partial charge in [-0.05, 0) is 65.5 Å². The summed E-state index contributed by atoms with van der Waals surface area (Å²) in [4.78, 5) is 66.2. The average Bonchev–Trinajstić information content (AvgIpc) is 2.92. The molecule has 0 aromatic heterocycles. The molecule has 248 valence electrons. The van der Waals surface area contributed by atoms with Gasteiger partial charge in [0, 0.05) is 19.5 Å². The van der Waals surface area contributed by atoms with Crippen molar-refractivity contribution in [3.63, 3.8) is 0 Å². The molecule has 1 aromatic carbocycles. The highest BCUT2D eigenvalue weighted by Gasteiger charge is 2.37. The van der Waals surface area contributed by atoms with E-state index in [0.29, 0.717) is 12.0 Å². The summed E-state index contributed by atoms with van der Waals surface area (Å²) in [6.45, 7) is 13.2. The van der Waals surface area contributed by atoms with Crippen molar-refractivity contribution in [1.29, 1.82) is 0 Å². The summed E-state index contributed by atoms with van der Waals surface area (Å²) in [5, 5.41) is 5.43. The first-order chi connectivity index (χ1) is 20.7. The van der Waals surface area contributed by atoms with Crippen LogP contribution < -0.4 is 16.4 Å². The standard InChI is InChI=1S/C33H54N4O7/c1-8-10-11-12-13-14-21-37(31(41)26(17-18-27(34)38)36-32(42)44-33(5,6)7)29(25-22-23(3)15-16-24(25)4)30(40)35-20-19-28(39)43-9-2/h15-16,22,26,29H,8-14,17-21H2,1-7H3,(H2,34,38)(H,35,40)(H,36,42). The Labute approximate surface area is 263 Å². The number of hydrogen-bond acceptors (Lipinski definition) is 7. The van der Waals surface area contributed by atoms with Crippen molar-refractivity contribution in [2.75, 3.05) is 19.7 Å². The molecule has 2 unspecified atom stereocenters. The molecule has 0 aliphatic carbocycles. The minimum atomic E-state index is -1.17. The third-order valence-corrected chi connectivity index (χ3v) is 6.93. The largest absolute Gasteiger partial charge is 0.466 e. The van der Waals surface area contributed by atoms with E-state index in [-0.39, 0.29) is 39.0 Å². The second-order valence-electron chi connectivity index (χ2n) is 12.1. The Kier molecular flexibility index (Phi) is 17.1. The van der Waals surface area contributed by atoms with Crippen LogP contribution in [-0.4, -0.2) is 66.0 Å². The highest BCUT2D eigenvalue weighted by Crippen LogP contribution is 2.28. The normalized spacial score (nSPS) is 12.5. The Bertz CT molecular complexity index is 1100. The van der Waals surface area contributed by atoms with Crippen LogP contribution in [0.3, 0.4) is 0 Å². The number of nitrogens with one attached hydrogen (secondary N) is 2. The van der Waals surface area contributed by atoms with E-state index in [1.54, 1.807) is 27.7 Å². The zero-order chi connectivity index (χ0) is 33.3. The lowest BCUT2D eigenvalue weighted by Gasteiger charge is -2.35. The zero-order valence-electron chi connectivity index (χ0n) is 27.8. The summed E-state index contributed by atoms with van der Waals surface area (Å²) in [5.41, 5.74) is 6.93. The van der Waals surface area contributed by atoms with Gasteiger partial charge in [-0.3, -0.25) is 19.2 Å². The number of hydrogen-bond donors (Lipinski definition) is 3. The predicted octanol–water partition coefficient (Wildman–Crippen LogP) is 4.76. The maximum atomic E-state index is 14.4. The number of carbonyl (C=O) groups is 5. The highest BCUT2D eigenvalue weighted by molar-refractivity contribution is 5.92. The number of aryl methyl sites for hydroxylation is 2. The first-order valence-corrected chi connectivity index (χ1v) is 15.8. The summed E-state index contributed by atoms with van der Waals surface area (Å²) in [6, 6.07) is 3.45. The predicted molar refractivity (Wildman–Crippen MR) is 170 cm³/mol. The van der Waals surface area contributed by atoms with E-state index in [0.717, 1.165) is 43.2 Å². The fourth-order valence-corrected chi connectivity index (χ4v) is 4.75. The van der Waals surface area contributed by atoms with Crippen LogP contribution in [0.25, 0.3) is 0 Å². The summed E-state index contributed by atoms with van der Waals surface area (Å²) in [5.74, 6) is -2.06. The van der Waals surface area contributed by atoms with Gasteiger partial charge in [0.05, 0.1) is 13.0 Å². The second-order valence-corrected chi connectivity index (χ2v) is 12.1. The molecule has 0 spiro atoms. The molecule has 4 amide bonds. The van der Waals surface area contributed by atoms with Crippen molar-refractivity contribution in [3.05, 3.63) is 34.9 Å². The monoisotopic (exact) mass is 618 g/mol. The number of primary amides is 1. The number of alkyl carbamates (subject to hydrolysis) is 1. The number of carbonyl (C=O) groups excluding carboxylic acids is 5. The highest BCUT2D eigenvalue weighted by atomic mass is 16.6. The SMILES string of the molecule is CCCCCCCCN(C(=O)C(CCC(N)=O)NC(=O)OC(C)(C)C)C(C(=O)NCCC(=O)OCC)c1cc(C)ccc1C. The smallest absolute Gasteiger partial charge is 0.408 e. The Hall–Kier alpha value is -3.63. The van der Waals surface area contributed by atoms with Crippen LogP contribution in [0.4, 0.5) is 4.79 Å². The van der Waals surface area contributed by atoms with Gasteiger partial charge in [-0.2, -0.15) is 0 Å². The Morgan fingerprint density at radius 1 is 0.955 bits per heavy atom. The first kappa shape index (κ1) is 38.4. The summed E-state index contributed by atoms with van der Waals surface area (Å²) >= 11 is 0. The molecule has 1 rings (SSSR count). The van der Waals surface area contributed by atoms with Crippen molar-refractivity contribution < 1.29 is 33.4 Å². The number of benzene rings is 1. The van der Waals surface area contributed by atoms with E-state index in [2.05, 4.69) is 17.6 Å². The molecule has 0 radical (unpaired) electrons. The zero-order valence-corrected chi connectivity index (χ0v) is 27.8. The molecule has 11 heteroatoms. The molecule has 44 heavy (non-hydrogen) atoms. The van der Waals surface area contributed by atoms with Gasteiger partial charge in [0.2, 0.25) is 17.7 Å². The molecule has 0 heterocycles. The summed E-state index contributed by atoms with van der Waals surface area (Å²) < 4.78 is 10.4. The van der Waals surface area contributed by atoms with E-state index in [9.17, 15) is 24.0 Å². The number of nitrogens with two attached hydrogens (primary N) is 1. The third-order valence-electron chi connectivity index (χ3n) is 6.93. The van der Waals surface area contributed by atoms with Gasteiger partial charge >= 0.3 is 12.1 Å². The lowest BCUT2D eigenvalue weighted by atomic mass is 9.95. The van der Waals surface area contributed by atoms with Crippen LogP contribution in [0, 0.1) is 13.8 Å². The molecule has 11 nitrogen and oxygen atoms in total. The molecular weight excluding hydrogens is 564 g/mol. The Morgan fingerprint density at radius 2 is 1.61 bits per heavy atom. The molecule has 4 N–H and O–H groups in total. The quantitative estimate of drug-likeness (QED) is 0.149. The van der Waals surface area contributed by atoms with Crippen molar-refractivity contribution in [1.82, 2.24) is 15.5 Å². The molecule has 2 atom stereocenters. The van der Waals surface area contributed by atoms with Gasteiger partial charge in [-0.1, -0.05) is 62.8 Å². The van der Waals surface area contributed by atoms with Crippen LogP contribution >= 0.6 is 0 Å². The maximum absolute atomic E-state index is 14.4. The number of esters is 1. The van der Waals surface area contributed by atoms with E-state index in [1.807, 2.05) is 32.0 Å². The van der Waals surface area contributed by atoms with Gasteiger partial charge in [0.15, 0.2) is 0 Å². The van der Waals surface area contributed by atoms with E-state index < -0.39 is 47.5 Å². The molecular formula is C33H54N4O7. The van der Waals surface area contributed by atoms with Gasteiger partial charge < -0.3 is 30.7 Å². The lowest BCUT2D eigenvalue weighted by molar-refractivity contribution is -0.144. The summed E-state index contributed by atoms with van der Waals surface area (Å²) in [7, 11) is 0. The topological polar surface area (TPSA) is 157 Å². The van der Waals surface area contributed by atoms with Crippen LogP contribution in [0.1, 0.15) is 115 Å². The Morgan fingerprint density at radius 3 is 2.23 bits per heavy atom. The van der Waals surface area contributed by atoms with E-state index in [1.165, 1.54) is 4.90 Å². The lowest BCUT2D eigenvalue weighted by Crippen LogP contribution is -2.53. The minimum absolute atomic E-state index is 0.0219. The molecule has 0 bridgehead atoms. The molecule has 0 fully saturated rings. The van der Waals surface area contributed by atoms with Crippen molar-refractivity contribution in [2.24, 2.45) is 5.73 Å². The summed E-state index contributed by atoms with van der Waals surface area (Å²) in [6.07, 6.45) is 4.68. The van der Waals surface area contributed by atoms with Gasteiger partial charge in [0.1, 0.15) is 17.7 Å². The van der Waals surface area contributed by atoms with Gasteiger partial charge in [0.25, 0.3) is 0 Å². The van der Waals surface area contributed by atoms with Crippen LogP contribution in [0.2, 0.25) is 0 Å². The molecule has 0 saturated carbocycles. The number of unbranched alkanes of at least 4 members (excludes halogenated alkanes) is 5. The molecule has 0 aliphatic heterocycles. The molecule has 0 saturated heterocycles. The van der Waals surface area contributed by atoms with E-state index in [4.69, 9.17) is 15.2 Å². The number of ether oxygens (including phenoxy) is 2. The van der Waals surface area contributed by atoms with Crippen molar-refractivity contribution >= 4 is 29.8 Å². The van der Waals surface area contributed by atoms with Crippen LogP contribution in [-0.2, 0) is 28.7 Å². The number of rotatable bonds is 19. The average molecular weight is 619 g/mol. The van der Waals surface area contributed by atoms with Gasteiger partial charge in [-0.15, -0.1) is 0 Å². The van der Waals surface area contributed by atoms with E-state index >= 15 is 0 Å².